The Bertz CT molecular complexity index is 1460. The number of furan rings is 1. The predicted molar refractivity (Wildman–Crippen MR) is 134 cm³/mol. The van der Waals surface area contributed by atoms with E-state index >= 15 is 0 Å². The maximum absolute atomic E-state index is 13.2. The zero-order valence-electron chi connectivity index (χ0n) is 19.7. The highest BCUT2D eigenvalue weighted by atomic mass is 16.3. The van der Waals surface area contributed by atoms with Crippen molar-refractivity contribution in [3.8, 4) is 0 Å². The standard InChI is InChI=1S/C29H25N3O4/c33-27(21-10-11-25-26(17-21)29(35)32(28(25)34)19-23-8-4-16-36-23)31-14-12-30(13-15-31)18-22-7-3-6-20-5-1-2-9-24(20)22/h1-11,16-17H,12-15,18-19H2. The van der Waals surface area contributed by atoms with E-state index in [2.05, 4.69) is 47.4 Å². The number of fused-ring (bicyclic) bond motifs is 2. The van der Waals surface area contributed by atoms with E-state index in [1.165, 1.54) is 22.6 Å². The second-order valence-electron chi connectivity index (χ2n) is 9.24. The molecule has 0 bridgehead atoms. The highest BCUT2D eigenvalue weighted by molar-refractivity contribution is 6.22. The van der Waals surface area contributed by atoms with E-state index in [0.717, 1.165) is 24.5 Å². The summed E-state index contributed by atoms with van der Waals surface area (Å²) in [6, 6.07) is 23.0. The molecule has 2 aliphatic heterocycles. The first-order chi connectivity index (χ1) is 17.6. The van der Waals surface area contributed by atoms with E-state index < -0.39 is 5.91 Å². The molecule has 7 heteroatoms. The maximum atomic E-state index is 13.2. The number of carbonyl (C=O) groups excluding carboxylic acids is 3. The van der Waals surface area contributed by atoms with E-state index in [1.807, 2.05) is 4.90 Å². The lowest BCUT2D eigenvalue weighted by molar-refractivity contribution is 0.0623. The summed E-state index contributed by atoms with van der Waals surface area (Å²) in [5, 5.41) is 2.49. The molecule has 0 saturated carbocycles. The Morgan fingerprint density at radius 3 is 2.36 bits per heavy atom. The van der Waals surface area contributed by atoms with Crippen molar-refractivity contribution < 1.29 is 18.8 Å². The highest BCUT2D eigenvalue weighted by Gasteiger charge is 2.37. The van der Waals surface area contributed by atoms with Gasteiger partial charge in [0.2, 0.25) is 0 Å². The van der Waals surface area contributed by atoms with Gasteiger partial charge in [-0.3, -0.25) is 24.2 Å². The number of amides is 3. The number of rotatable bonds is 5. The van der Waals surface area contributed by atoms with Gasteiger partial charge in [0.15, 0.2) is 0 Å². The molecule has 1 saturated heterocycles. The molecule has 1 fully saturated rings. The van der Waals surface area contributed by atoms with Crippen LogP contribution in [0.1, 0.15) is 42.4 Å². The quantitative estimate of drug-likeness (QED) is 0.402. The van der Waals surface area contributed by atoms with E-state index in [9.17, 15) is 14.4 Å². The first kappa shape index (κ1) is 22.2. The molecule has 0 spiro atoms. The van der Waals surface area contributed by atoms with Gasteiger partial charge in [0.25, 0.3) is 17.7 Å². The lowest BCUT2D eigenvalue weighted by atomic mass is 10.0. The van der Waals surface area contributed by atoms with Crippen LogP contribution in [0.15, 0.2) is 83.5 Å². The predicted octanol–water partition coefficient (Wildman–Crippen LogP) is 4.19. The molecule has 4 aromatic rings. The van der Waals surface area contributed by atoms with Gasteiger partial charge in [-0.2, -0.15) is 0 Å². The third-order valence-corrected chi connectivity index (χ3v) is 7.05. The second-order valence-corrected chi connectivity index (χ2v) is 9.24. The molecule has 6 rings (SSSR count). The fraction of sp³-hybridized carbons (Fsp3) is 0.207. The highest BCUT2D eigenvalue weighted by Crippen LogP contribution is 2.27. The number of imide groups is 1. The molecule has 0 N–H and O–H groups in total. The molecule has 0 atom stereocenters. The van der Waals surface area contributed by atoms with Gasteiger partial charge in [0.05, 0.1) is 23.9 Å². The Hall–Kier alpha value is -4.23. The van der Waals surface area contributed by atoms with Gasteiger partial charge in [0.1, 0.15) is 5.76 Å². The Kier molecular flexibility index (Phi) is 5.62. The zero-order valence-corrected chi connectivity index (χ0v) is 19.7. The van der Waals surface area contributed by atoms with E-state index in [1.54, 1.807) is 30.3 Å². The van der Waals surface area contributed by atoms with E-state index in [4.69, 9.17) is 4.42 Å². The number of piperazine rings is 1. The molecule has 36 heavy (non-hydrogen) atoms. The summed E-state index contributed by atoms with van der Waals surface area (Å²) in [4.78, 5) is 44.3. The molecular formula is C29H25N3O4. The van der Waals surface area contributed by atoms with Gasteiger partial charge >= 0.3 is 0 Å². The van der Waals surface area contributed by atoms with Crippen LogP contribution in [0.5, 0.6) is 0 Å². The lowest BCUT2D eigenvalue weighted by Crippen LogP contribution is -2.48. The summed E-state index contributed by atoms with van der Waals surface area (Å²) in [6.07, 6.45) is 1.51. The van der Waals surface area contributed by atoms with Crippen molar-refractivity contribution in [1.82, 2.24) is 14.7 Å². The molecule has 1 aromatic heterocycles. The Morgan fingerprint density at radius 1 is 0.778 bits per heavy atom. The largest absolute Gasteiger partial charge is 0.467 e. The third kappa shape index (κ3) is 3.97. The van der Waals surface area contributed by atoms with Crippen molar-refractivity contribution in [3.05, 3.63) is 107 Å². The number of hydrogen-bond acceptors (Lipinski definition) is 5. The van der Waals surface area contributed by atoms with Gasteiger partial charge < -0.3 is 9.32 Å². The minimum Gasteiger partial charge on any atom is -0.467 e. The average molecular weight is 480 g/mol. The number of benzene rings is 3. The monoisotopic (exact) mass is 479 g/mol. The van der Waals surface area contributed by atoms with Crippen molar-refractivity contribution in [2.24, 2.45) is 0 Å². The first-order valence-corrected chi connectivity index (χ1v) is 12.1. The summed E-state index contributed by atoms with van der Waals surface area (Å²) in [5.74, 6) is -0.358. The van der Waals surface area contributed by atoms with E-state index in [-0.39, 0.29) is 23.9 Å². The van der Waals surface area contributed by atoms with Crippen molar-refractivity contribution in [2.75, 3.05) is 26.2 Å². The molecule has 3 amide bonds. The van der Waals surface area contributed by atoms with Gasteiger partial charge in [-0.15, -0.1) is 0 Å². The Morgan fingerprint density at radius 2 is 1.56 bits per heavy atom. The Balaban J connectivity index is 1.12. The molecule has 3 heterocycles. The SMILES string of the molecule is O=C(c1ccc2c(c1)C(=O)N(Cc1ccco1)C2=O)N1CCN(Cc2cccc3ccccc23)CC1. The van der Waals surface area contributed by atoms with Crippen LogP contribution < -0.4 is 0 Å². The molecule has 2 aliphatic rings. The van der Waals surface area contributed by atoms with Crippen LogP contribution in [0.3, 0.4) is 0 Å². The normalized spacial score (nSPS) is 16.1. The number of carbonyl (C=O) groups is 3. The smallest absolute Gasteiger partial charge is 0.261 e. The number of nitrogens with zero attached hydrogens (tertiary/aromatic N) is 3. The van der Waals surface area contributed by atoms with Gasteiger partial charge in [-0.05, 0) is 46.7 Å². The molecule has 180 valence electrons. The minimum atomic E-state index is -0.402. The molecule has 3 aromatic carbocycles. The summed E-state index contributed by atoms with van der Waals surface area (Å²) >= 11 is 0. The minimum absolute atomic E-state index is 0.0707. The van der Waals surface area contributed by atoms with Crippen LogP contribution >= 0.6 is 0 Å². The van der Waals surface area contributed by atoms with Crippen molar-refractivity contribution in [2.45, 2.75) is 13.1 Å². The van der Waals surface area contributed by atoms with Crippen LogP contribution in [-0.2, 0) is 13.1 Å². The van der Waals surface area contributed by atoms with Crippen molar-refractivity contribution in [3.63, 3.8) is 0 Å². The van der Waals surface area contributed by atoms with Crippen molar-refractivity contribution >= 4 is 28.5 Å². The fourth-order valence-corrected chi connectivity index (χ4v) is 5.09. The van der Waals surface area contributed by atoms with Crippen LogP contribution in [0.2, 0.25) is 0 Å². The van der Waals surface area contributed by atoms with Crippen LogP contribution in [0.4, 0.5) is 0 Å². The van der Waals surface area contributed by atoms with Crippen LogP contribution in [0.25, 0.3) is 10.8 Å². The molecule has 0 aliphatic carbocycles. The number of hydrogen-bond donors (Lipinski definition) is 0. The van der Waals surface area contributed by atoms with Gasteiger partial charge in [-0.25, -0.2) is 0 Å². The van der Waals surface area contributed by atoms with Gasteiger partial charge in [-0.1, -0.05) is 42.5 Å². The van der Waals surface area contributed by atoms with Crippen LogP contribution in [-0.4, -0.2) is 58.6 Å². The molecule has 0 unspecified atom stereocenters. The summed E-state index contributed by atoms with van der Waals surface area (Å²) in [7, 11) is 0. The second kappa shape index (κ2) is 9.09. The molecule has 7 nitrogen and oxygen atoms in total. The molecule has 0 radical (unpaired) electrons. The third-order valence-electron chi connectivity index (χ3n) is 7.05. The lowest BCUT2D eigenvalue weighted by Gasteiger charge is -2.35. The summed E-state index contributed by atoms with van der Waals surface area (Å²) in [5.41, 5.74) is 2.31. The maximum Gasteiger partial charge on any atom is 0.261 e. The fourth-order valence-electron chi connectivity index (χ4n) is 5.09. The van der Waals surface area contributed by atoms with Gasteiger partial charge in [0, 0.05) is 38.3 Å². The zero-order chi connectivity index (χ0) is 24.6. The van der Waals surface area contributed by atoms with Crippen molar-refractivity contribution in [1.29, 1.82) is 0 Å². The first-order valence-electron chi connectivity index (χ1n) is 12.1. The topological polar surface area (TPSA) is 74.1 Å². The van der Waals surface area contributed by atoms with E-state index in [0.29, 0.717) is 30.0 Å². The Labute approximate surface area is 208 Å². The van der Waals surface area contributed by atoms with Crippen LogP contribution in [0, 0.1) is 0 Å². The summed E-state index contributed by atoms with van der Waals surface area (Å²) in [6.45, 7) is 3.67. The molecular weight excluding hydrogens is 454 g/mol. The average Bonchev–Trinajstić information content (AvgIpc) is 3.52. The summed E-state index contributed by atoms with van der Waals surface area (Å²) < 4.78 is 5.29.